The second kappa shape index (κ2) is 15.3. The molecule has 0 fully saturated rings. The van der Waals surface area contributed by atoms with Crippen LogP contribution < -0.4 is 20.7 Å². The van der Waals surface area contributed by atoms with Gasteiger partial charge < -0.3 is 20.7 Å². The Bertz CT molecular complexity index is 1630. The number of halogens is 2. The average Bonchev–Trinajstić information content (AvgIpc) is 3.00. The van der Waals surface area contributed by atoms with E-state index in [0.29, 0.717) is 34.1 Å². The van der Waals surface area contributed by atoms with Crippen LogP contribution in [0, 0.1) is 0 Å². The number of carbonyl (C=O) groups excluding carboxylic acids is 3. The van der Waals surface area contributed by atoms with E-state index in [0.717, 1.165) is 10.6 Å². The first-order chi connectivity index (χ1) is 20.7. The maximum Gasteiger partial charge on any atom is 0.272 e. The minimum atomic E-state index is -0.566. The van der Waals surface area contributed by atoms with Gasteiger partial charge in [-0.1, -0.05) is 59.6 Å². The van der Waals surface area contributed by atoms with E-state index >= 15 is 0 Å². The number of rotatable bonds is 11. The summed E-state index contributed by atoms with van der Waals surface area (Å²) in [5.41, 5.74) is 1.96. The molecule has 1 unspecified atom stereocenters. The molecule has 0 aliphatic carbocycles. The van der Waals surface area contributed by atoms with Crippen molar-refractivity contribution in [2.24, 2.45) is 0 Å². The number of benzene rings is 4. The highest BCUT2D eigenvalue weighted by molar-refractivity contribution is 8.00. The summed E-state index contributed by atoms with van der Waals surface area (Å²) in [5, 5.41) is 8.55. The fourth-order valence-electron chi connectivity index (χ4n) is 3.88. The second-order valence-electron chi connectivity index (χ2n) is 9.21. The van der Waals surface area contributed by atoms with Gasteiger partial charge in [0.2, 0.25) is 5.91 Å². The van der Waals surface area contributed by atoms with E-state index in [9.17, 15) is 14.4 Å². The van der Waals surface area contributed by atoms with Crippen molar-refractivity contribution in [2.75, 3.05) is 17.2 Å². The van der Waals surface area contributed by atoms with Crippen molar-refractivity contribution >= 4 is 70.1 Å². The molecule has 0 aliphatic rings. The molecule has 0 saturated carbocycles. The third-order valence-corrected chi connectivity index (χ3v) is 7.94. The van der Waals surface area contributed by atoms with Crippen molar-refractivity contribution in [3.05, 3.63) is 124 Å². The van der Waals surface area contributed by atoms with Gasteiger partial charge >= 0.3 is 0 Å². The van der Waals surface area contributed by atoms with Crippen molar-refractivity contribution < 1.29 is 19.1 Å². The van der Waals surface area contributed by atoms with E-state index in [1.54, 1.807) is 97.9 Å². The monoisotopic (exact) mass is 633 g/mol. The van der Waals surface area contributed by atoms with Crippen molar-refractivity contribution in [2.45, 2.75) is 24.0 Å². The number of thioether (sulfide) groups is 1. The van der Waals surface area contributed by atoms with E-state index < -0.39 is 17.1 Å². The number of hydrogen-bond acceptors (Lipinski definition) is 5. The standard InChI is InChI=1S/C33H29Cl2N3O4S/c1-3-42-26-17-15-24(16-18-26)36-31(39)21(2)43-27-13-8-12-25(20-27)37-33(41)29(19-23-11-7-14-28(34)30(23)35)38-32(40)22-9-5-4-6-10-22/h4-21H,3H2,1-2H3,(H,36,39)(H,37,41)(H,38,40)/b29-19+. The summed E-state index contributed by atoms with van der Waals surface area (Å²) < 4.78 is 5.44. The Labute approximate surface area is 264 Å². The highest BCUT2D eigenvalue weighted by Gasteiger charge is 2.18. The lowest BCUT2D eigenvalue weighted by atomic mass is 10.1. The third-order valence-electron chi connectivity index (χ3n) is 6.02. The van der Waals surface area contributed by atoms with Gasteiger partial charge in [-0.2, -0.15) is 0 Å². The Morgan fingerprint density at radius 3 is 2.30 bits per heavy atom. The molecule has 0 radical (unpaired) electrons. The predicted octanol–water partition coefficient (Wildman–Crippen LogP) is 7.92. The summed E-state index contributed by atoms with van der Waals surface area (Å²) >= 11 is 13.9. The zero-order chi connectivity index (χ0) is 30.8. The molecule has 4 aromatic carbocycles. The van der Waals surface area contributed by atoms with Crippen LogP contribution in [-0.4, -0.2) is 29.6 Å². The molecular weight excluding hydrogens is 605 g/mol. The van der Waals surface area contributed by atoms with Crippen LogP contribution in [0.5, 0.6) is 5.75 Å². The molecule has 3 N–H and O–H groups in total. The van der Waals surface area contributed by atoms with E-state index in [4.69, 9.17) is 27.9 Å². The molecule has 0 saturated heterocycles. The summed E-state index contributed by atoms with van der Waals surface area (Å²) in [6.45, 7) is 4.27. The summed E-state index contributed by atoms with van der Waals surface area (Å²) in [7, 11) is 0. The number of hydrogen-bond donors (Lipinski definition) is 3. The molecule has 7 nitrogen and oxygen atoms in total. The lowest BCUT2D eigenvalue weighted by Gasteiger charge is -2.14. The highest BCUT2D eigenvalue weighted by Crippen LogP contribution is 2.29. The van der Waals surface area contributed by atoms with Crippen molar-refractivity contribution in [1.82, 2.24) is 5.32 Å². The SMILES string of the molecule is CCOc1ccc(NC(=O)C(C)Sc2cccc(NC(=O)/C(=C\c3cccc(Cl)c3Cl)NC(=O)c3ccccc3)c2)cc1. The van der Waals surface area contributed by atoms with Crippen LogP contribution in [0.2, 0.25) is 10.0 Å². The Morgan fingerprint density at radius 2 is 1.58 bits per heavy atom. The van der Waals surface area contributed by atoms with Crippen LogP contribution in [0.3, 0.4) is 0 Å². The van der Waals surface area contributed by atoms with Crippen LogP contribution in [0.15, 0.2) is 108 Å². The van der Waals surface area contributed by atoms with Crippen LogP contribution in [-0.2, 0) is 9.59 Å². The van der Waals surface area contributed by atoms with Crippen LogP contribution in [0.25, 0.3) is 6.08 Å². The first kappa shape index (κ1) is 31.7. The minimum Gasteiger partial charge on any atom is -0.494 e. The summed E-state index contributed by atoms with van der Waals surface area (Å²) in [6, 6.07) is 27.8. The van der Waals surface area contributed by atoms with Gasteiger partial charge in [-0.15, -0.1) is 11.8 Å². The van der Waals surface area contributed by atoms with Gasteiger partial charge in [0.1, 0.15) is 11.4 Å². The van der Waals surface area contributed by atoms with Gasteiger partial charge in [-0.25, -0.2) is 0 Å². The predicted molar refractivity (Wildman–Crippen MR) is 175 cm³/mol. The molecule has 1 atom stereocenters. The van der Waals surface area contributed by atoms with Gasteiger partial charge in [-0.05, 0) is 86.2 Å². The first-order valence-corrected chi connectivity index (χ1v) is 15.0. The smallest absolute Gasteiger partial charge is 0.272 e. The number of carbonyl (C=O) groups is 3. The summed E-state index contributed by atoms with van der Waals surface area (Å²) in [6.07, 6.45) is 1.47. The minimum absolute atomic E-state index is 0.0285. The number of amides is 3. The Morgan fingerprint density at radius 1 is 0.860 bits per heavy atom. The Balaban J connectivity index is 1.47. The van der Waals surface area contributed by atoms with Crippen molar-refractivity contribution in [3.63, 3.8) is 0 Å². The largest absolute Gasteiger partial charge is 0.494 e. The van der Waals surface area contributed by atoms with E-state index in [1.807, 2.05) is 13.0 Å². The van der Waals surface area contributed by atoms with E-state index in [-0.39, 0.29) is 16.6 Å². The Kier molecular flexibility index (Phi) is 11.3. The summed E-state index contributed by atoms with van der Waals surface area (Å²) in [5.74, 6) is -0.466. The van der Waals surface area contributed by atoms with Crippen LogP contribution in [0.1, 0.15) is 29.8 Å². The second-order valence-corrected chi connectivity index (χ2v) is 11.4. The molecule has 0 spiro atoms. The molecule has 220 valence electrons. The van der Waals surface area contributed by atoms with Crippen LogP contribution in [0.4, 0.5) is 11.4 Å². The zero-order valence-corrected chi connectivity index (χ0v) is 25.7. The zero-order valence-electron chi connectivity index (χ0n) is 23.4. The molecular formula is C33H29Cl2N3O4S. The number of ether oxygens (including phenoxy) is 1. The fourth-order valence-corrected chi connectivity index (χ4v) is 5.17. The highest BCUT2D eigenvalue weighted by atomic mass is 35.5. The van der Waals surface area contributed by atoms with Gasteiger partial charge in [0.05, 0.1) is 21.9 Å². The molecule has 4 rings (SSSR count). The maximum absolute atomic E-state index is 13.4. The molecule has 0 bridgehead atoms. The molecule has 10 heteroatoms. The molecule has 0 aromatic heterocycles. The van der Waals surface area contributed by atoms with E-state index in [2.05, 4.69) is 16.0 Å². The van der Waals surface area contributed by atoms with Gasteiger partial charge in [0.15, 0.2) is 0 Å². The van der Waals surface area contributed by atoms with Gasteiger partial charge in [0, 0.05) is 21.8 Å². The molecule has 43 heavy (non-hydrogen) atoms. The average molecular weight is 635 g/mol. The van der Waals surface area contributed by atoms with Crippen molar-refractivity contribution in [3.8, 4) is 5.75 Å². The Hall–Kier alpha value is -4.24. The van der Waals surface area contributed by atoms with E-state index in [1.165, 1.54) is 17.8 Å². The topological polar surface area (TPSA) is 96.5 Å². The normalized spacial score (nSPS) is 11.8. The van der Waals surface area contributed by atoms with Crippen LogP contribution >= 0.6 is 35.0 Å². The summed E-state index contributed by atoms with van der Waals surface area (Å²) in [4.78, 5) is 40.0. The first-order valence-electron chi connectivity index (χ1n) is 13.4. The molecule has 4 aromatic rings. The molecule has 0 heterocycles. The molecule has 3 amide bonds. The lowest BCUT2D eigenvalue weighted by Crippen LogP contribution is -2.30. The van der Waals surface area contributed by atoms with Gasteiger partial charge in [-0.3, -0.25) is 14.4 Å². The van der Waals surface area contributed by atoms with Gasteiger partial charge in [0.25, 0.3) is 11.8 Å². The fraction of sp³-hybridized carbons (Fsp3) is 0.121. The van der Waals surface area contributed by atoms with Crippen molar-refractivity contribution in [1.29, 1.82) is 0 Å². The quantitative estimate of drug-likeness (QED) is 0.115. The third kappa shape index (κ3) is 9.12. The molecule has 0 aliphatic heterocycles. The lowest BCUT2D eigenvalue weighted by molar-refractivity contribution is -0.115. The number of anilines is 2. The maximum atomic E-state index is 13.4. The number of nitrogens with one attached hydrogen (secondary N) is 3.